The van der Waals surface area contributed by atoms with Crippen LogP contribution < -0.4 is 0 Å². The van der Waals surface area contributed by atoms with Crippen LogP contribution in [0.15, 0.2) is 24.3 Å². The van der Waals surface area contributed by atoms with Gasteiger partial charge in [-0.05, 0) is 26.0 Å². The Morgan fingerprint density at radius 2 is 1.70 bits per heavy atom. The Hall–Kier alpha value is -1.10. The minimum Gasteiger partial charge on any atom is -0.368 e. The van der Waals surface area contributed by atoms with Crippen LogP contribution in [0.2, 0.25) is 5.02 Å². The second-order valence-corrected chi connectivity index (χ2v) is 6.53. The SMILES string of the molecule is CC1(CN(CC2(C)CO2)C(=O)c2ccccc2Cl)CO1. The van der Waals surface area contributed by atoms with Crippen LogP contribution in [0, 0.1) is 0 Å². The van der Waals surface area contributed by atoms with E-state index in [9.17, 15) is 4.79 Å². The van der Waals surface area contributed by atoms with Crippen molar-refractivity contribution in [3.63, 3.8) is 0 Å². The van der Waals surface area contributed by atoms with Crippen LogP contribution in [0.4, 0.5) is 0 Å². The molecule has 2 heterocycles. The van der Waals surface area contributed by atoms with Crippen molar-refractivity contribution in [3.8, 4) is 0 Å². The summed E-state index contributed by atoms with van der Waals surface area (Å²) in [5, 5.41) is 0.478. The molecule has 0 spiro atoms. The Bertz CT molecular complexity index is 518. The van der Waals surface area contributed by atoms with E-state index in [0.717, 1.165) is 0 Å². The number of carbonyl (C=O) groups is 1. The van der Waals surface area contributed by atoms with Crippen molar-refractivity contribution >= 4 is 17.5 Å². The fraction of sp³-hybridized carbons (Fsp3) is 0.533. The van der Waals surface area contributed by atoms with Crippen LogP contribution >= 0.6 is 11.6 Å². The first-order chi connectivity index (χ1) is 9.41. The minimum atomic E-state index is -0.220. The van der Waals surface area contributed by atoms with Gasteiger partial charge in [0.25, 0.3) is 5.91 Å². The molecule has 0 N–H and O–H groups in total. The van der Waals surface area contributed by atoms with Gasteiger partial charge < -0.3 is 14.4 Å². The van der Waals surface area contributed by atoms with E-state index in [1.807, 2.05) is 26.0 Å². The van der Waals surface area contributed by atoms with Gasteiger partial charge in [0, 0.05) is 0 Å². The summed E-state index contributed by atoms with van der Waals surface area (Å²) < 4.78 is 10.8. The number of halogens is 1. The van der Waals surface area contributed by atoms with Crippen LogP contribution in [0.25, 0.3) is 0 Å². The molecule has 0 bridgehead atoms. The van der Waals surface area contributed by atoms with Gasteiger partial charge in [-0.25, -0.2) is 0 Å². The predicted octanol–water partition coefficient (Wildman–Crippen LogP) is 2.36. The fourth-order valence-electron chi connectivity index (χ4n) is 2.24. The molecule has 4 nitrogen and oxygen atoms in total. The first kappa shape index (κ1) is 13.9. The zero-order valence-corrected chi connectivity index (χ0v) is 12.4. The van der Waals surface area contributed by atoms with Gasteiger partial charge in [-0.1, -0.05) is 23.7 Å². The van der Waals surface area contributed by atoms with E-state index in [-0.39, 0.29) is 17.1 Å². The Morgan fingerprint density at radius 3 is 2.15 bits per heavy atom. The Labute approximate surface area is 123 Å². The molecular weight excluding hydrogens is 278 g/mol. The zero-order valence-electron chi connectivity index (χ0n) is 11.7. The summed E-state index contributed by atoms with van der Waals surface area (Å²) in [7, 11) is 0. The molecule has 0 saturated carbocycles. The third-order valence-electron chi connectivity index (χ3n) is 3.72. The Morgan fingerprint density at radius 1 is 1.20 bits per heavy atom. The van der Waals surface area contributed by atoms with Gasteiger partial charge in [0.05, 0.1) is 36.9 Å². The van der Waals surface area contributed by atoms with E-state index in [1.54, 1.807) is 17.0 Å². The summed E-state index contributed by atoms with van der Waals surface area (Å²) in [5.74, 6) is -0.0657. The monoisotopic (exact) mass is 295 g/mol. The second-order valence-electron chi connectivity index (χ2n) is 6.12. The summed E-state index contributed by atoms with van der Waals surface area (Å²) in [6.07, 6.45) is 0. The average molecular weight is 296 g/mol. The van der Waals surface area contributed by atoms with E-state index >= 15 is 0 Å². The molecule has 5 heteroatoms. The highest BCUT2D eigenvalue weighted by Crippen LogP contribution is 2.32. The lowest BCUT2D eigenvalue weighted by atomic mass is 10.1. The molecule has 3 rings (SSSR count). The summed E-state index contributed by atoms with van der Waals surface area (Å²) in [6, 6.07) is 7.13. The number of hydrogen-bond donors (Lipinski definition) is 0. The smallest absolute Gasteiger partial charge is 0.255 e. The summed E-state index contributed by atoms with van der Waals surface area (Å²) in [6.45, 7) is 6.53. The highest BCUT2D eigenvalue weighted by atomic mass is 35.5. The molecule has 20 heavy (non-hydrogen) atoms. The van der Waals surface area contributed by atoms with Crippen LogP contribution in [-0.4, -0.2) is 48.3 Å². The van der Waals surface area contributed by atoms with Gasteiger partial charge in [0.2, 0.25) is 0 Å². The maximum atomic E-state index is 12.7. The third kappa shape index (κ3) is 2.97. The third-order valence-corrected chi connectivity index (χ3v) is 4.05. The lowest BCUT2D eigenvalue weighted by Crippen LogP contribution is -2.43. The number of benzene rings is 1. The number of carbonyl (C=O) groups excluding carboxylic acids is 1. The van der Waals surface area contributed by atoms with Gasteiger partial charge in [-0.15, -0.1) is 0 Å². The molecule has 1 amide bonds. The number of rotatable bonds is 5. The number of nitrogens with zero attached hydrogens (tertiary/aromatic N) is 1. The normalized spacial score (nSPS) is 30.9. The molecule has 2 atom stereocenters. The largest absolute Gasteiger partial charge is 0.368 e. The summed E-state index contributed by atoms with van der Waals surface area (Å²) >= 11 is 6.13. The van der Waals surface area contributed by atoms with E-state index < -0.39 is 0 Å². The molecule has 0 aliphatic carbocycles. The van der Waals surface area contributed by atoms with Gasteiger partial charge in [-0.2, -0.15) is 0 Å². The zero-order chi connectivity index (χ0) is 14.4. The van der Waals surface area contributed by atoms with Crippen molar-refractivity contribution in [1.82, 2.24) is 4.90 Å². The first-order valence-electron chi connectivity index (χ1n) is 6.73. The average Bonchev–Trinajstić information content (AvgIpc) is 3.30. The summed E-state index contributed by atoms with van der Waals surface area (Å²) in [4.78, 5) is 14.5. The van der Waals surface area contributed by atoms with Gasteiger partial charge >= 0.3 is 0 Å². The molecule has 2 saturated heterocycles. The molecule has 1 aromatic rings. The molecule has 1 aromatic carbocycles. The van der Waals surface area contributed by atoms with Gasteiger partial charge in [0.15, 0.2) is 0 Å². The molecule has 0 radical (unpaired) electrons. The first-order valence-corrected chi connectivity index (χ1v) is 7.10. The van der Waals surface area contributed by atoms with Crippen molar-refractivity contribution in [2.75, 3.05) is 26.3 Å². The van der Waals surface area contributed by atoms with E-state index in [0.29, 0.717) is 36.9 Å². The van der Waals surface area contributed by atoms with Crippen LogP contribution in [0.1, 0.15) is 24.2 Å². The summed E-state index contributed by atoms with van der Waals surface area (Å²) in [5.41, 5.74) is 0.0901. The molecule has 2 aliphatic heterocycles. The number of epoxide rings is 2. The fourth-order valence-corrected chi connectivity index (χ4v) is 2.46. The Balaban J connectivity index is 1.80. The number of ether oxygens (including phenoxy) is 2. The van der Waals surface area contributed by atoms with Crippen molar-refractivity contribution in [2.24, 2.45) is 0 Å². The quantitative estimate of drug-likeness (QED) is 0.783. The van der Waals surface area contributed by atoms with Crippen LogP contribution in [0.3, 0.4) is 0 Å². The van der Waals surface area contributed by atoms with Crippen LogP contribution in [-0.2, 0) is 9.47 Å². The van der Waals surface area contributed by atoms with E-state index in [2.05, 4.69) is 0 Å². The Kier molecular flexibility index (Phi) is 3.27. The molecular formula is C15H18ClNO3. The topological polar surface area (TPSA) is 45.4 Å². The maximum Gasteiger partial charge on any atom is 0.255 e. The minimum absolute atomic E-state index is 0.0657. The molecule has 2 aliphatic rings. The van der Waals surface area contributed by atoms with E-state index in [1.165, 1.54) is 0 Å². The van der Waals surface area contributed by atoms with Crippen LogP contribution in [0.5, 0.6) is 0 Å². The molecule has 2 fully saturated rings. The van der Waals surface area contributed by atoms with Crippen molar-refractivity contribution in [1.29, 1.82) is 0 Å². The highest BCUT2D eigenvalue weighted by molar-refractivity contribution is 6.33. The number of hydrogen-bond acceptors (Lipinski definition) is 3. The van der Waals surface area contributed by atoms with Crippen molar-refractivity contribution in [3.05, 3.63) is 34.9 Å². The second kappa shape index (κ2) is 4.72. The predicted molar refractivity (Wildman–Crippen MR) is 76.1 cm³/mol. The van der Waals surface area contributed by atoms with Crippen molar-refractivity contribution in [2.45, 2.75) is 25.0 Å². The standard InChI is InChI=1S/C15H18ClNO3/c1-14(9-19-14)7-17(8-15(2)10-20-15)13(18)11-5-3-4-6-12(11)16/h3-6H,7-10H2,1-2H3. The number of amides is 1. The molecule has 0 aromatic heterocycles. The van der Waals surface area contributed by atoms with Gasteiger partial charge in [-0.3, -0.25) is 4.79 Å². The maximum absolute atomic E-state index is 12.7. The molecule has 108 valence electrons. The lowest BCUT2D eigenvalue weighted by Gasteiger charge is -2.26. The lowest BCUT2D eigenvalue weighted by molar-refractivity contribution is 0.0664. The van der Waals surface area contributed by atoms with E-state index in [4.69, 9.17) is 21.1 Å². The van der Waals surface area contributed by atoms with Gasteiger partial charge in [0.1, 0.15) is 11.2 Å². The van der Waals surface area contributed by atoms with Crippen molar-refractivity contribution < 1.29 is 14.3 Å². The molecule has 2 unspecified atom stereocenters. The highest BCUT2D eigenvalue weighted by Gasteiger charge is 2.47.